The molecule has 0 bridgehead atoms. The van der Waals surface area contributed by atoms with Gasteiger partial charge < -0.3 is 24.5 Å². The van der Waals surface area contributed by atoms with Crippen molar-refractivity contribution in [3.8, 4) is 5.75 Å². The summed E-state index contributed by atoms with van der Waals surface area (Å²) in [7, 11) is -0.411. The van der Waals surface area contributed by atoms with Crippen molar-refractivity contribution >= 4 is 18.7 Å². The van der Waals surface area contributed by atoms with Crippen molar-refractivity contribution in [2.45, 2.75) is 65.8 Å². The standard InChI is InChI=1S/C19H30BNO5/c1-17(2,3)15(12-23-16(21)22)24-14-10-8-13(9-11-14)20-25-18(4,5)19(6,7)26-20/h8-11,15H,12H2,1-7H3,(H2,21,22). The number of benzene rings is 1. The second-order valence-corrected chi connectivity index (χ2v) is 8.76. The molecule has 0 aromatic heterocycles. The van der Waals surface area contributed by atoms with Gasteiger partial charge in [0.15, 0.2) is 0 Å². The van der Waals surface area contributed by atoms with E-state index in [4.69, 9.17) is 24.5 Å². The van der Waals surface area contributed by atoms with Crippen LogP contribution in [0.15, 0.2) is 24.3 Å². The molecule has 1 saturated heterocycles. The van der Waals surface area contributed by atoms with E-state index in [0.29, 0.717) is 5.75 Å². The van der Waals surface area contributed by atoms with E-state index in [-0.39, 0.29) is 29.3 Å². The molecule has 2 N–H and O–H groups in total. The predicted molar refractivity (Wildman–Crippen MR) is 102 cm³/mol. The Labute approximate surface area is 156 Å². The van der Waals surface area contributed by atoms with Crippen LogP contribution in [0, 0.1) is 5.41 Å². The lowest BCUT2D eigenvalue weighted by molar-refractivity contribution is 0.00578. The lowest BCUT2D eigenvalue weighted by Gasteiger charge is -2.32. The number of hydrogen-bond acceptors (Lipinski definition) is 5. The summed E-state index contributed by atoms with van der Waals surface area (Å²) >= 11 is 0. The number of rotatable bonds is 5. The molecule has 1 aliphatic rings. The molecule has 1 aromatic carbocycles. The van der Waals surface area contributed by atoms with Crippen LogP contribution in [0.2, 0.25) is 0 Å². The van der Waals surface area contributed by atoms with Crippen molar-refractivity contribution in [2.75, 3.05) is 6.61 Å². The van der Waals surface area contributed by atoms with Crippen LogP contribution < -0.4 is 15.9 Å². The molecule has 1 aromatic rings. The quantitative estimate of drug-likeness (QED) is 0.814. The Hall–Kier alpha value is -1.73. The first kappa shape index (κ1) is 20.6. The fourth-order valence-electron chi connectivity index (χ4n) is 2.47. The van der Waals surface area contributed by atoms with Gasteiger partial charge in [-0.25, -0.2) is 4.79 Å². The van der Waals surface area contributed by atoms with Gasteiger partial charge in [-0.1, -0.05) is 32.9 Å². The van der Waals surface area contributed by atoms with Gasteiger partial charge in [-0.15, -0.1) is 0 Å². The van der Waals surface area contributed by atoms with Gasteiger partial charge in [0.05, 0.1) is 11.2 Å². The van der Waals surface area contributed by atoms with Crippen molar-refractivity contribution in [1.29, 1.82) is 0 Å². The molecular formula is C19H30BNO5. The van der Waals surface area contributed by atoms with Crippen molar-refractivity contribution in [2.24, 2.45) is 11.1 Å². The van der Waals surface area contributed by atoms with E-state index in [1.54, 1.807) is 0 Å². The molecule has 144 valence electrons. The number of primary amides is 1. The number of nitrogens with two attached hydrogens (primary N) is 1. The Morgan fingerprint density at radius 1 is 1.12 bits per heavy atom. The molecule has 1 fully saturated rings. The SMILES string of the molecule is CC(C)(C)C(COC(N)=O)Oc1ccc(B2OC(C)(C)C(C)(C)O2)cc1. The predicted octanol–water partition coefficient (Wildman–Crippen LogP) is 2.87. The third-order valence-electron chi connectivity index (χ3n) is 5.03. The number of carbonyl (C=O) groups excluding carboxylic acids is 1. The fraction of sp³-hybridized carbons (Fsp3) is 0.632. The van der Waals surface area contributed by atoms with Gasteiger partial charge in [-0.2, -0.15) is 0 Å². The molecular weight excluding hydrogens is 333 g/mol. The summed E-state index contributed by atoms with van der Waals surface area (Å²) in [5, 5.41) is 0. The molecule has 6 nitrogen and oxygen atoms in total. The zero-order chi connectivity index (χ0) is 19.8. The molecule has 26 heavy (non-hydrogen) atoms. The van der Waals surface area contributed by atoms with E-state index < -0.39 is 13.2 Å². The molecule has 0 saturated carbocycles. The van der Waals surface area contributed by atoms with Crippen LogP contribution in [-0.4, -0.2) is 37.1 Å². The highest BCUT2D eigenvalue weighted by molar-refractivity contribution is 6.62. The molecule has 1 heterocycles. The Balaban J connectivity index is 2.08. The third kappa shape index (κ3) is 4.71. The zero-order valence-electron chi connectivity index (χ0n) is 16.8. The van der Waals surface area contributed by atoms with E-state index in [1.807, 2.05) is 72.7 Å². The van der Waals surface area contributed by atoms with Crippen LogP contribution in [-0.2, 0) is 14.0 Å². The summed E-state index contributed by atoms with van der Waals surface area (Å²) in [5.74, 6) is 0.679. The van der Waals surface area contributed by atoms with Gasteiger partial charge in [-0.3, -0.25) is 0 Å². The molecule has 1 aliphatic heterocycles. The monoisotopic (exact) mass is 363 g/mol. The molecule has 1 atom stereocenters. The van der Waals surface area contributed by atoms with Crippen LogP contribution in [0.1, 0.15) is 48.5 Å². The first-order valence-corrected chi connectivity index (χ1v) is 8.86. The smallest absolute Gasteiger partial charge is 0.486 e. The van der Waals surface area contributed by atoms with Gasteiger partial charge in [0.25, 0.3) is 0 Å². The van der Waals surface area contributed by atoms with E-state index in [0.717, 1.165) is 5.46 Å². The van der Waals surface area contributed by atoms with Crippen LogP contribution in [0.5, 0.6) is 5.75 Å². The molecule has 7 heteroatoms. The van der Waals surface area contributed by atoms with Gasteiger partial charge in [0.1, 0.15) is 18.5 Å². The fourth-order valence-corrected chi connectivity index (χ4v) is 2.47. The molecule has 1 amide bonds. The number of carbonyl (C=O) groups is 1. The van der Waals surface area contributed by atoms with E-state index in [2.05, 4.69) is 0 Å². The van der Waals surface area contributed by atoms with Gasteiger partial charge in [-0.05, 0) is 45.3 Å². The van der Waals surface area contributed by atoms with Crippen molar-refractivity contribution in [3.63, 3.8) is 0 Å². The van der Waals surface area contributed by atoms with Gasteiger partial charge >= 0.3 is 13.2 Å². The first-order chi connectivity index (χ1) is 11.8. The van der Waals surface area contributed by atoms with Gasteiger partial charge in [0.2, 0.25) is 0 Å². The molecule has 2 rings (SSSR count). The Kier molecular flexibility index (Phi) is 5.64. The molecule has 0 spiro atoms. The van der Waals surface area contributed by atoms with Crippen molar-refractivity contribution in [3.05, 3.63) is 24.3 Å². The number of ether oxygens (including phenoxy) is 2. The van der Waals surface area contributed by atoms with Crippen LogP contribution in [0.25, 0.3) is 0 Å². The molecule has 1 unspecified atom stereocenters. The topological polar surface area (TPSA) is 80.0 Å². The minimum absolute atomic E-state index is 0.0951. The maximum Gasteiger partial charge on any atom is 0.494 e. The zero-order valence-corrected chi connectivity index (χ0v) is 16.8. The Morgan fingerprint density at radius 3 is 2.04 bits per heavy atom. The highest BCUT2D eigenvalue weighted by Crippen LogP contribution is 2.36. The van der Waals surface area contributed by atoms with E-state index in [1.165, 1.54) is 0 Å². The summed E-state index contributed by atoms with van der Waals surface area (Å²) in [5.41, 5.74) is 5.01. The normalized spacial score (nSPS) is 19.9. The second kappa shape index (κ2) is 7.12. The maximum atomic E-state index is 10.9. The van der Waals surface area contributed by atoms with Gasteiger partial charge in [0, 0.05) is 5.41 Å². The lowest BCUT2D eigenvalue weighted by Crippen LogP contribution is -2.41. The average molecular weight is 363 g/mol. The highest BCUT2D eigenvalue weighted by atomic mass is 16.7. The first-order valence-electron chi connectivity index (χ1n) is 8.86. The number of hydrogen-bond donors (Lipinski definition) is 1. The summed E-state index contributed by atoms with van der Waals surface area (Å²) in [4.78, 5) is 10.9. The summed E-state index contributed by atoms with van der Waals surface area (Å²) in [6, 6.07) is 7.57. The third-order valence-corrected chi connectivity index (χ3v) is 5.03. The minimum Gasteiger partial charge on any atom is -0.486 e. The van der Waals surface area contributed by atoms with E-state index in [9.17, 15) is 4.79 Å². The maximum absolute atomic E-state index is 10.9. The summed E-state index contributed by atoms with van der Waals surface area (Å²) in [6.07, 6.45) is -1.13. The summed E-state index contributed by atoms with van der Waals surface area (Å²) in [6.45, 7) is 14.2. The highest BCUT2D eigenvalue weighted by Gasteiger charge is 2.51. The van der Waals surface area contributed by atoms with Crippen LogP contribution in [0.3, 0.4) is 0 Å². The van der Waals surface area contributed by atoms with Crippen LogP contribution in [0.4, 0.5) is 4.79 Å². The van der Waals surface area contributed by atoms with Crippen LogP contribution >= 0.6 is 0 Å². The Morgan fingerprint density at radius 2 is 1.62 bits per heavy atom. The lowest BCUT2D eigenvalue weighted by atomic mass is 9.79. The Bertz CT molecular complexity index is 620. The summed E-state index contributed by atoms with van der Waals surface area (Å²) < 4.78 is 23.1. The molecule has 0 radical (unpaired) electrons. The second-order valence-electron chi connectivity index (χ2n) is 8.76. The van der Waals surface area contributed by atoms with Crippen molar-refractivity contribution in [1.82, 2.24) is 0 Å². The van der Waals surface area contributed by atoms with E-state index >= 15 is 0 Å². The number of amides is 1. The molecule has 0 aliphatic carbocycles. The minimum atomic E-state index is -0.807. The average Bonchev–Trinajstić information content (AvgIpc) is 2.71. The van der Waals surface area contributed by atoms with Crippen molar-refractivity contribution < 1.29 is 23.6 Å². The largest absolute Gasteiger partial charge is 0.494 e.